The molecule has 0 aliphatic carbocycles. The standard InChI is InChI=1S/C9H19O4S/c1-5-6-7-9(8(2)12-3)13-14(4,10)11/h9H,5-7H2,1-4H3. The van der Waals surface area contributed by atoms with E-state index in [-0.39, 0.29) is 0 Å². The Morgan fingerprint density at radius 3 is 2.36 bits per heavy atom. The minimum atomic E-state index is -3.41. The van der Waals surface area contributed by atoms with E-state index in [0.717, 1.165) is 19.1 Å². The van der Waals surface area contributed by atoms with Crippen molar-refractivity contribution in [1.29, 1.82) is 0 Å². The molecule has 0 bridgehead atoms. The van der Waals surface area contributed by atoms with Crippen LogP contribution in [0.4, 0.5) is 0 Å². The van der Waals surface area contributed by atoms with Gasteiger partial charge in [-0.05, 0) is 13.3 Å². The van der Waals surface area contributed by atoms with Gasteiger partial charge in [-0.3, -0.25) is 4.18 Å². The minimum absolute atomic E-state index is 0.449. The van der Waals surface area contributed by atoms with Crippen LogP contribution in [0.5, 0.6) is 0 Å². The Labute approximate surface area is 86.7 Å². The first kappa shape index (κ1) is 13.9. The van der Waals surface area contributed by atoms with Gasteiger partial charge in [0.25, 0.3) is 10.1 Å². The van der Waals surface area contributed by atoms with E-state index in [2.05, 4.69) is 0 Å². The molecule has 1 atom stereocenters. The summed E-state index contributed by atoms with van der Waals surface area (Å²) >= 11 is 0. The highest BCUT2D eigenvalue weighted by Gasteiger charge is 2.22. The zero-order chi connectivity index (χ0) is 11.2. The van der Waals surface area contributed by atoms with Crippen molar-refractivity contribution in [3.63, 3.8) is 0 Å². The first-order valence-electron chi connectivity index (χ1n) is 4.66. The van der Waals surface area contributed by atoms with Crippen LogP contribution in [0, 0.1) is 6.10 Å². The Hall–Kier alpha value is -0.130. The highest BCUT2D eigenvalue weighted by Crippen LogP contribution is 2.18. The summed E-state index contributed by atoms with van der Waals surface area (Å²) < 4.78 is 31.8. The summed E-state index contributed by atoms with van der Waals surface area (Å²) in [6.45, 7) is 3.77. The van der Waals surface area contributed by atoms with E-state index >= 15 is 0 Å². The van der Waals surface area contributed by atoms with Crippen LogP contribution in [0.25, 0.3) is 0 Å². The molecule has 0 rings (SSSR count). The molecule has 0 saturated heterocycles. The SMILES string of the molecule is CCCCC(OS(C)(=O)=O)[C](C)OC. The molecule has 0 fully saturated rings. The summed E-state index contributed by atoms with van der Waals surface area (Å²) in [6.07, 6.45) is 3.79. The Balaban J connectivity index is 4.24. The lowest BCUT2D eigenvalue weighted by molar-refractivity contribution is 0.0892. The molecule has 5 heteroatoms. The summed E-state index contributed by atoms with van der Waals surface area (Å²) in [5.74, 6) is 0. The molecule has 0 aliphatic heterocycles. The van der Waals surface area contributed by atoms with Crippen molar-refractivity contribution in [2.75, 3.05) is 13.4 Å². The third-order valence-electron chi connectivity index (χ3n) is 1.89. The van der Waals surface area contributed by atoms with Crippen LogP contribution in [0.2, 0.25) is 0 Å². The lowest BCUT2D eigenvalue weighted by atomic mass is 10.1. The van der Waals surface area contributed by atoms with Gasteiger partial charge in [0.15, 0.2) is 0 Å². The average Bonchev–Trinajstić information content (AvgIpc) is 2.09. The highest BCUT2D eigenvalue weighted by molar-refractivity contribution is 7.86. The van der Waals surface area contributed by atoms with Crippen molar-refractivity contribution < 1.29 is 17.3 Å². The summed E-state index contributed by atoms with van der Waals surface area (Å²) in [4.78, 5) is 0. The Kier molecular flexibility index (Phi) is 6.31. The van der Waals surface area contributed by atoms with E-state index < -0.39 is 16.2 Å². The maximum atomic E-state index is 10.9. The second kappa shape index (κ2) is 6.37. The van der Waals surface area contributed by atoms with Gasteiger partial charge >= 0.3 is 0 Å². The van der Waals surface area contributed by atoms with Gasteiger partial charge in [0, 0.05) is 7.11 Å². The first-order valence-corrected chi connectivity index (χ1v) is 6.48. The van der Waals surface area contributed by atoms with Crippen LogP contribution >= 0.6 is 0 Å². The van der Waals surface area contributed by atoms with Gasteiger partial charge < -0.3 is 4.74 Å². The zero-order valence-electron chi connectivity index (χ0n) is 9.24. The molecule has 0 heterocycles. The molecule has 1 unspecified atom stereocenters. The van der Waals surface area contributed by atoms with Crippen LogP contribution in [0.1, 0.15) is 33.1 Å². The fourth-order valence-electron chi connectivity index (χ4n) is 1.05. The smallest absolute Gasteiger partial charge is 0.264 e. The van der Waals surface area contributed by atoms with Crippen LogP contribution < -0.4 is 0 Å². The highest BCUT2D eigenvalue weighted by atomic mass is 32.2. The number of rotatable bonds is 7. The maximum Gasteiger partial charge on any atom is 0.264 e. The van der Waals surface area contributed by atoms with Gasteiger partial charge in [0.1, 0.15) is 12.2 Å². The van der Waals surface area contributed by atoms with Crippen molar-refractivity contribution >= 4 is 10.1 Å². The summed E-state index contributed by atoms with van der Waals surface area (Å²) in [6, 6.07) is 0. The molecule has 0 aromatic heterocycles. The lowest BCUT2D eigenvalue weighted by Gasteiger charge is -2.20. The van der Waals surface area contributed by atoms with Crippen molar-refractivity contribution in [2.24, 2.45) is 0 Å². The third kappa shape index (κ3) is 6.34. The van der Waals surface area contributed by atoms with E-state index in [1.54, 1.807) is 6.92 Å². The van der Waals surface area contributed by atoms with Crippen LogP contribution in [0.15, 0.2) is 0 Å². The minimum Gasteiger partial charge on any atom is -0.373 e. The summed E-state index contributed by atoms with van der Waals surface area (Å²) in [5.41, 5.74) is 0. The molecule has 0 saturated carbocycles. The van der Waals surface area contributed by atoms with Crippen molar-refractivity contribution in [1.82, 2.24) is 0 Å². The number of hydrogen-bond acceptors (Lipinski definition) is 4. The molecule has 0 aromatic rings. The molecule has 85 valence electrons. The lowest BCUT2D eigenvalue weighted by Crippen LogP contribution is -2.24. The molecular weight excluding hydrogens is 204 g/mol. The van der Waals surface area contributed by atoms with E-state index in [0.29, 0.717) is 12.5 Å². The largest absolute Gasteiger partial charge is 0.373 e. The predicted octanol–water partition coefficient (Wildman–Crippen LogP) is 1.72. The summed E-state index contributed by atoms with van der Waals surface area (Å²) in [5, 5.41) is 0. The molecule has 0 aromatic carbocycles. The molecule has 14 heavy (non-hydrogen) atoms. The molecule has 0 aliphatic rings. The Morgan fingerprint density at radius 2 is 2.00 bits per heavy atom. The second-order valence-electron chi connectivity index (χ2n) is 3.25. The predicted molar refractivity (Wildman–Crippen MR) is 55.2 cm³/mol. The fourth-order valence-corrected chi connectivity index (χ4v) is 1.70. The molecule has 0 N–H and O–H groups in total. The van der Waals surface area contributed by atoms with Crippen molar-refractivity contribution in [3.05, 3.63) is 6.10 Å². The van der Waals surface area contributed by atoms with Crippen LogP contribution in [-0.4, -0.2) is 27.9 Å². The number of unbranched alkanes of at least 4 members (excludes halogenated alkanes) is 1. The normalized spacial score (nSPS) is 14.6. The Bertz CT molecular complexity index is 235. The van der Waals surface area contributed by atoms with Gasteiger partial charge in [-0.1, -0.05) is 19.8 Å². The monoisotopic (exact) mass is 223 g/mol. The molecule has 4 nitrogen and oxygen atoms in total. The van der Waals surface area contributed by atoms with E-state index in [9.17, 15) is 8.42 Å². The van der Waals surface area contributed by atoms with Gasteiger partial charge in [-0.25, -0.2) is 0 Å². The second-order valence-corrected chi connectivity index (χ2v) is 4.85. The van der Waals surface area contributed by atoms with Crippen molar-refractivity contribution in [2.45, 2.75) is 39.2 Å². The Morgan fingerprint density at radius 1 is 1.43 bits per heavy atom. The molecular formula is C9H19O4S. The van der Waals surface area contributed by atoms with Crippen LogP contribution in [-0.2, 0) is 19.0 Å². The molecule has 0 amide bonds. The third-order valence-corrected chi connectivity index (χ3v) is 2.47. The van der Waals surface area contributed by atoms with E-state index in [1.807, 2.05) is 6.92 Å². The fraction of sp³-hybridized carbons (Fsp3) is 0.889. The number of ether oxygens (including phenoxy) is 1. The number of methoxy groups -OCH3 is 1. The topological polar surface area (TPSA) is 52.6 Å². The van der Waals surface area contributed by atoms with E-state index in [1.165, 1.54) is 7.11 Å². The summed E-state index contributed by atoms with van der Waals surface area (Å²) in [7, 11) is -1.90. The van der Waals surface area contributed by atoms with Gasteiger partial charge in [0.2, 0.25) is 0 Å². The van der Waals surface area contributed by atoms with Crippen molar-refractivity contribution in [3.8, 4) is 0 Å². The average molecular weight is 223 g/mol. The van der Waals surface area contributed by atoms with Gasteiger partial charge in [-0.15, -0.1) is 0 Å². The zero-order valence-corrected chi connectivity index (χ0v) is 10.1. The molecule has 0 spiro atoms. The number of hydrogen-bond donors (Lipinski definition) is 0. The quantitative estimate of drug-likeness (QED) is 0.617. The maximum absolute atomic E-state index is 10.9. The molecule has 1 radical (unpaired) electrons. The van der Waals surface area contributed by atoms with Crippen LogP contribution in [0.3, 0.4) is 0 Å². The van der Waals surface area contributed by atoms with E-state index in [4.69, 9.17) is 8.92 Å². The van der Waals surface area contributed by atoms with Gasteiger partial charge in [-0.2, -0.15) is 8.42 Å². The van der Waals surface area contributed by atoms with Gasteiger partial charge in [0.05, 0.1) is 6.26 Å². The first-order chi connectivity index (χ1) is 6.40.